The van der Waals surface area contributed by atoms with Gasteiger partial charge in [-0.05, 0) is 30.7 Å². The van der Waals surface area contributed by atoms with E-state index in [2.05, 4.69) is 4.98 Å². The molecule has 0 unspecified atom stereocenters. The number of rotatable bonds is 1. The Bertz CT molecular complexity index is 827. The maximum absolute atomic E-state index is 13.7. The topological polar surface area (TPSA) is 43.8 Å². The lowest BCUT2D eigenvalue weighted by Gasteiger charge is -2.08. The van der Waals surface area contributed by atoms with Crippen LogP contribution in [-0.2, 0) is 0 Å². The summed E-state index contributed by atoms with van der Waals surface area (Å²) in [4.78, 5) is 4.06. The van der Waals surface area contributed by atoms with Crippen LogP contribution in [0.3, 0.4) is 0 Å². The average molecular weight is 294 g/mol. The van der Waals surface area contributed by atoms with Crippen molar-refractivity contribution < 1.29 is 8.78 Å². The Hall–Kier alpha value is -2.14. The van der Waals surface area contributed by atoms with E-state index < -0.39 is 5.82 Å². The SMILES string of the molecule is Cc1ccc(-n2c(N)nc3cc(F)c(Cl)cc32)cc1F. The summed E-state index contributed by atoms with van der Waals surface area (Å²) in [6, 6.07) is 7.33. The number of nitrogen functional groups attached to an aromatic ring is 1. The number of nitrogens with two attached hydrogens (primary N) is 1. The Morgan fingerprint density at radius 3 is 2.60 bits per heavy atom. The van der Waals surface area contributed by atoms with Gasteiger partial charge in [-0.1, -0.05) is 17.7 Å². The number of aryl methyl sites for hydroxylation is 1. The monoisotopic (exact) mass is 293 g/mol. The van der Waals surface area contributed by atoms with E-state index >= 15 is 0 Å². The zero-order valence-corrected chi connectivity index (χ0v) is 11.2. The number of fused-ring (bicyclic) bond motifs is 1. The van der Waals surface area contributed by atoms with Crippen LogP contribution in [0, 0.1) is 18.6 Å². The van der Waals surface area contributed by atoms with Crippen molar-refractivity contribution in [3.05, 3.63) is 52.6 Å². The third kappa shape index (κ3) is 1.91. The predicted octanol–water partition coefficient (Wildman–Crippen LogP) is 3.85. The molecule has 0 aliphatic rings. The van der Waals surface area contributed by atoms with Crippen LogP contribution >= 0.6 is 11.6 Å². The van der Waals surface area contributed by atoms with Gasteiger partial charge in [-0.3, -0.25) is 4.57 Å². The van der Waals surface area contributed by atoms with E-state index in [1.807, 2.05) is 0 Å². The molecule has 1 aromatic heterocycles. The Kier molecular flexibility index (Phi) is 2.87. The largest absolute Gasteiger partial charge is 0.369 e. The van der Waals surface area contributed by atoms with Crippen LogP contribution < -0.4 is 5.73 Å². The minimum absolute atomic E-state index is 0.0359. The molecule has 0 fully saturated rings. The molecular weight excluding hydrogens is 284 g/mol. The second-order valence-electron chi connectivity index (χ2n) is 4.49. The molecule has 3 rings (SSSR count). The van der Waals surface area contributed by atoms with Crippen LogP contribution in [0.2, 0.25) is 5.02 Å². The molecule has 0 radical (unpaired) electrons. The number of hydrogen-bond acceptors (Lipinski definition) is 2. The smallest absolute Gasteiger partial charge is 0.205 e. The van der Waals surface area contributed by atoms with Gasteiger partial charge in [0.1, 0.15) is 11.6 Å². The molecular formula is C14H10ClF2N3. The van der Waals surface area contributed by atoms with Gasteiger partial charge in [0.2, 0.25) is 5.95 Å². The van der Waals surface area contributed by atoms with Crippen molar-refractivity contribution in [2.24, 2.45) is 0 Å². The Morgan fingerprint density at radius 1 is 1.15 bits per heavy atom. The lowest BCUT2D eigenvalue weighted by atomic mass is 10.2. The molecule has 0 bridgehead atoms. The third-order valence-corrected chi connectivity index (χ3v) is 3.43. The minimum atomic E-state index is -0.570. The Labute approximate surface area is 118 Å². The fraction of sp³-hybridized carbons (Fsp3) is 0.0714. The number of imidazole rings is 1. The summed E-state index contributed by atoms with van der Waals surface area (Å²) in [7, 11) is 0. The molecule has 0 saturated carbocycles. The molecule has 3 nitrogen and oxygen atoms in total. The van der Waals surface area contributed by atoms with Gasteiger partial charge >= 0.3 is 0 Å². The number of hydrogen-bond donors (Lipinski definition) is 1. The van der Waals surface area contributed by atoms with Crippen LogP contribution in [0.4, 0.5) is 14.7 Å². The van der Waals surface area contributed by atoms with E-state index in [0.29, 0.717) is 22.3 Å². The number of aromatic nitrogens is 2. The maximum atomic E-state index is 13.7. The van der Waals surface area contributed by atoms with Gasteiger partial charge in [-0.25, -0.2) is 13.8 Å². The van der Waals surface area contributed by atoms with E-state index in [4.69, 9.17) is 17.3 Å². The third-order valence-electron chi connectivity index (χ3n) is 3.14. The highest BCUT2D eigenvalue weighted by Crippen LogP contribution is 2.28. The van der Waals surface area contributed by atoms with E-state index in [-0.39, 0.29) is 16.8 Å². The van der Waals surface area contributed by atoms with Crippen molar-refractivity contribution in [3.8, 4) is 5.69 Å². The molecule has 102 valence electrons. The number of halogens is 3. The molecule has 0 atom stereocenters. The summed E-state index contributed by atoms with van der Waals surface area (Å²) < 4.78 is 28.6. The Balaban J connectivity index is 2.32. The van der Waals surface area contributed by atoms with Gasteiger partial charge in [-0.2, -0.15) is 0 Å². The second-order valence-corrected chi connectivity index (χ2v) is 4.90. The van der Waals surface area contributed by atoms with Crippen molar-refractivity contribution >= 4 is 28.6 Å². The van der Waals surface area contributed by atoms with Gasteiger partial charge in [0.25, 0.3) is 0 Å². The fourth-order valence-corrected chi connectivity index (χ4v) is 2.24. The van der Waals surface area contributed by atoms with Gasteiger partial charge < -0.3 is 5.73 Å². The van der Waals surface area contributed by atoms with Crippen LogP contribution in [0.25, 0.3) is 16.7 Å². The highest BCUT2D eigenvalue weighted by molar-refractivity contribution is 6.31. The summed E-state index contributed by atoms with van der Waals surface area (Å²) in [6.07, 6.45) is 0. The molecule has 0 amide bonds. The minimum Gasteiger partial charge on any atom is -0.369 e. The van der Waals surface area contributed by atoms with Crippen LogP contribution in [0.1, 0.15) is 5.56 Å². The summed E-state index contributed by atoms with van der Waals surface area (Å²) in [6.45, 7) is 1.67. The molecule has 0 aliphatic carbocycles. The highest BCUT2D eigenvalue weighted by atomic mass is 35.5. The summed E-state index contributed by atoms with van der Waals surface area (Å²) in [5.41, 5.74) is 7.77. The van der Waals surface area contributed by atoms with Gasteiger partial charge in [-0.15, -0.1) is 0 Å². The molecule has 2 N–H and O–H groups in total. The first kappa shape index (κ1) is 12.9. The predicted molar refractivity (Wildman–Crippen MR) is 75.1 cm³/mol. The zero-order chi connectivity index (χ0) is 14.4. The Morgan fingerprint density at radius 2 is 1.90 bits per heavy atom. The molecule has 0 spiro atoms. The van der Waals surface area contributed by atoms with Gasteiger partial charge in [0.05, 0.1) is 21.7 Å². The number of nitrogens with zero attached hydrogens (tertiary/aromatic N) is 2. The average Bonchev–Trinajstić information content (AvgIpc) is 2.69. The molecule has 1 heterocycles. The standard InChI is InChI=1S/C14H10ClF2N3/c1-7-2-3-8(4-10(7)16)20-13-5-9(15)11(17)6-12(13)19-14(20)18/h2-6H,1H3,(H2,18,19). The van der Waals surface area contributed by atoms with E-state index in [0.717, 1.165) is 0 Å². The molecule has 0 aliphatic heterocycles. The summed E-state index contributed by atoms with van der Waals surface area (Å²) in [5, 5.41) is -0.0359. The highest BCUT2D eigenvalue weighted by Gasteiger charge is 2.14. The number of anilines is 1. The first-order chi connectivity index (χ1) is 9.47. The van der Waals surface area contributed by atoms with Crippen molar-refractivity contribution in [2.45, 2.75) is 6.92 Å². The first-order valence-corrected chi connectivity index (χ1v) is 6.24. The lowest BCUT2D eigenvalue weighted by molar-refractivity contribution is 0.617. The summed E-state index contributed by atoms with van der Waals surface area (Å²) >= 11 is 5.78. The zero-order valence-electron chi connectivity index (χ0n) is 10.5. The maximum Gasteiger partial charge on any atom is 0.205 e. The lowest BCUT2D eigenvalue weighted by Crippen LogP contribution is -2.01. The van der Waals surface area contributed by atoms with Crippen molar-refractivity contribution in [2.75, 3.05) is 5.73 Å². The van der Waals surface area contributed by atoms with Crippen molar-refractivity contribution in [1.29, 1.82) is 0 Å². The van der Waals surface area contributed by atoms with Crippen LogP contribution in [-0.4, -0.2) is 9.55 Å². The first-order valence-electron chi connectivity index (χ1n) is 5.87. The fourth-order valence-electron chi connectivity index (χ4n) is 2.08. The molecule has 3 aromatic rings. The second kappa shape index (κ2) is 4.45. The quantitative estimate of drug-likeness (QED) is 0.740. The van der Waals surface area contributed by atoms with E-state index in [1.165, 1.54) is 22.8 Å². The van der Waals surface area contributed by atoms with E-state index in [9.17, 15) is 8.78 Å². The van der Waals surface area contributed by atoms with Crippen LogP contribution in [0.5, 0.6) is 0 Å². The number of benzene rings is 2. The van der Waals surface area contributed by atoms with Crippen molar-refractivity contribution in [3.63, 3.8) is 0 Å². The molecule has 2 aromatic carbocycles. The molecule has 0 saturated heterocycles. The molecule has 20 heavy (non-hydrogen) atoms. The normalized spacial score (nSPS) is 11.2. The van der Waals surface area contributed by atoms with Crippen molar-refractivity contribution in [1.82, 2.24) is 9.55 Å². The van der Waals surface area contributed by atoms with Crippen LogP contribution in [0.15, 0.2) is 30.3 Å². The van der Waals surface area contributed by atoms with E-state index in [1.54, 1.807) is 19.1 Å². The molecule has 6 heteroatoms. The van der Waals surface area contributed by atoms with Gasteiger partial charge in [0, 0.05) is 6.07 Å². The van der Waals surface area contributed by atoms with Gasteiger partial charge in [0.15, 0.2) is 0 Å². The summed E-state index contributed by atoms with van der Waals surface area (Å²) in [5.74, 6) is -0.777.